The molecule has 0 amide bonds. The van der Waals surface area contributed by atoms with E-state index < -0.39 is 3.12 Å². The van der Waals surface area contributed by atoms with Crippen LogP contribution in [0.3, 0.4) is 0 Å². The van der Waals surface area contributed by atoms with E-state index >= 15 is 0 Å². The van der Waals surface area contributed by atoms with Crippen molar-refractivity contribution in [1.82, 2.24) is 0 Å². The van der Waals surface area contributed by atoms with Crippen LogP contribution in [-0.2, 0) is 0 Å². The lowest BCUT2D eigenvalue weighted by Gasteiger charge is -2.07. The van der Waals surface area contributed by atoms with Crippen LogP contribution in [0.5, 0.6) is 0 Å². The van der Waals surface area contributed by atoms with Gasteiger partial charge in [-0.2, -0.15) is 0 Å². The molecule has 0 saturated carbocycles. The second-order valence-corrected chi connectivity index (χ2v) is 7.29. The van der Waals surface area contributed by atoms with E-state index in [9.17, 15) is 0 Å². The Bertz CT molecular complexity index is 81.5. The van der Waals surface area contributed by atoms with Gasteiger partial charge in [0.15, 0.2) is 0 Å². The third-order valence-corrected chi connectivity index (χ3v) is 4.62. The van der Waals surface area contributed by atoms with Crippen LogP contribution in [0.25, 0.3) is 0 Å². The molecule has 10 heavy (non-hydrogen) atoms. The predicted molar refractivity (Wildman–Crippen MR) is 55.2 cm³/mol. The minimum absolute atomic E-state index is 1.05. The van der Waals surface area contributed by atoms with E-state index in [0.29, 0.717) is 0 Å². The summed E-state index contributed by atoms with van der Waals surface area (Å²) >= 11 is 16.5. The van der Waals surface area contributed by atoms with Crippen molar-refractivity contribution in [2.45, 2.75) is 22.9 Å². The Balaban J connectivity index is 3.04. The van der Waals surface area contributed by atoms with Crippen molar-refractivity contribution in [3.05, 3.63) is 0 Å². The van der Waals surface area contributed by atoms with Crippen LogP contribution in [0.2, 0.25) is 0 Å². The molecule has 0 aromatic carbocycles. The second kappa shape index (κ2) is 6.13. The van der Waals surface area contributed by atoms with Crippen molar-refractivity contribution >= 4 is 56.4 Å². The van der Waals surface area contributed by atoms with Crippen LogP contribution in [0.1, 0.15) is 19.8 Å². The lowest BCUT2D eigenvalue weighted by molar-refractivity contribution is 0.898. The van der Waals surface area contributed by atoms with Crippen molar-refractivity contribution in [1.29, 1.82) is 0 Å². The zero-order valence-corrected chi connectivity index (χ0v) is 9.47. The summed E-state index contributed by atoms with van der Waals surface area (Å²) in [6.45, 7) is 2.14. The zero-order valence-electron chi connectivity index (χ0n) is 5.57. The molecule has 0 bridgehead atoms. The largest absolute Gasteiger partial charge is 0.247 e. The maximum atomic E-state index is 5.49. The molecule has 0 aromatic rings. The number of unbranched alkanes of at least 4 members (excludes halogenated alkanes) is 1. The zero-order chi connectivity index (χ0) is 8.04. The summed E-state index contributed by atoms with van der Waals surface area (Å²) in [5.74, 6) is 1.05. The van der Waals surface area contributed by atoms with Crippen molar-refractivity contribution in [2.75, 3.05) is 5.75 Å². The van der Waals surface area contributed by atoms with Gasteiger partial charge < -0.3 is 0 Å². The highest BCUT2D eigenvalue weighted by Crippen LogP contribution is 2.46. The van der Waals surface area contributed by atoms with E-state index in [4.69, 9.17) is 34.8 Å². The predicted octanol–water partition coefficient (Wildman–Crippen LogP) is 4.50. The van der Waals surface area contributed by atoms with Crippen molar-refractivity contribution in [3.63, 3.8) is 0 Å². The molecule has 0 aliphatic carbocycles. The van der Waals surface area contributed by atoms with E-state index in [1.165, 1.54) is 23.6 Å². The average Bonchev–Trinajstić information content (AvgIpc) is 1.78. The molecule has 0 rings (SSSR count). The molecule has 0 radical (unpaired) electrons. The van der Waals surface area contributed by atoms with Gasteiger partial charge in [0.25, 0.3) is 0 Å². The standard InChI is InChI=1S/C5H9Cl3S2/c1-2-3-4-9-10-5(6,7)8/h2-4H2,1H3. The lowest BCUT2D eigenvalue weighted by atomic mass is 10.4. The molecule has 0 aliphatic heterocycles. The summed E-state index contributed by atoms with van der Waals surface area (Å²) in [4.78, 5) is 0. The van der Waals surface area contributed by atoms with E-state index in [1.54, 1.807) is 10.8 Å². The smallest absolute Gasteiger partial charge is 0.0899 e. The van der Waals surface area contributed by atoms with Gasteiger partial charge in [-0.15, -0.1) is 0 Å². The Morgan fingerprint density at radius 1 is 1.30 bits per heavy atom. The first-order valence-corrected chi connectivity index (χ1v) is 6.39. The first kappa shape index (κ1) is 11.6. The number of alkyl halides is 3. The normalized spacial score (nSPS) is 12.0. The molecule has 0 unspecified atom stereocenters. The highest BCUT2D eigenvalue weighted by Gasteiger charge is 2.19. The average molecular weight is 240 g/mol. The Labute approximate surface area is 84.8 Å². The van der Waals surface area contributed by atoms with Gasteiger partial charge in [0, 0.05) is 5.75 Å². The van der Waals surface area contributed by atoms with Gasteiger partial charge in [-0.05, 0) is 17.2 Å². The van der Waals surface area contributed by atoms with E-state index in [-0.39, 0.29) is 0 Å². The Kier molecular flexibility index (Phi) is 7.09. The minimum atomic E-state index is -1.15. The van der Waals surface area contributed by atoms with Gasteiger partial charge in [0.1, 0.15) is 0 Å². The Hall–Kier alpha value is 1.57. The third-order valence-electron chi connectivity index (χ3n) is 0.735. The maximum absolute atomic E-state index is 5.49. The molecule has 0 heterocycles. The van der Waals surface area contributed by atoms with Gasteiger partial charge in [-0.3, -0.25) is 0 Å². The fraction of sp³-hybridized carbons (Fsp3) is 1.00. The van der Waals surface area contributed by atoms with E-state index in [0.717, 1.165) is 5.75 Å². The van der Waals surface area contributed by atoms with E-state index in [2.05, 4.69) is 6.92 Å². The second-order valence-electron chi connectivity index (χ2n) is 1.70. The van der Waals surface area contributed by atoms with Gasteiger partial charge in [-0.1, -0.05) is 58.9 Å². The van der Waals surface area contributed by atoms with Crippen molar-refractivity contribution < 1.29 is 0 Å². The van der Waals surface area contributed by atoms with Crippen LogP contribution in [0.4, 0.5) is 0 Å². The van der Waals surface area contributed by atoms with Gasteiger partial charge >= 0.3 is 0 Å². The maximum Gasteiger partial charge on any atom is 0.247 e. The topological polar surface area (TPSA) is 0 Å². The molecular formula is C5H9Cl3S2. The molecule has 5 heteroatoms. The summed E-state index contributed by atoms with van der Waals surface area (Å²) in [6, 6.07) is 0. The first-order valence-electron chi connectivity index (χ1n) is 2.93. The Morgan fingerprint density at radius 2 is 1.90 bits per heavy atom. The van der Waals surface area contributed by atoms with Crippen LogP contribution in [0, 0.1) is 0 Å². The molecule has 0 atom stereocenters. The van der Waals surface area contributed by atoms with Crippen LogP contribution in [-0.4, -0.2) is 8.88 Å². The first-order chi connectivity index (χ1) is 4.56. The quantitative estimate of drug-likeness (QED) is 0.403. The molecule has 62 valence electrons. The summed E-state index contributed by atoms with van der Waals surface area (Å²) in [7, 11) is 2.89. The van der Waals surface area contributed by atoms with Gasteiger partial charge in [0.2, 0.25) is 3.12 Å². The highest BCUT2D eigenvalue weighted by atomic mass is 35.6. The molecule has 0 aliphatic rings. The summed E-state index contributed by atoms with van der Waals surface area (Å²) < 4.78 is -1.15. The number of hydrogen-bond acceptors (Lipinski definition) is 2. The fourth-order valence-electron chi connectivity index (χ4n) is 0.312. The molecule has 0 aromatic heterocycles. The minimum Gasteiger partial charge on any atom is -0.0899 e. The monoisotopic (exact) mass is 238 g/mol. The van der Waals surface area contributed by atoms with Gasteiger partial charge in [0.05, 0.1) is 0 Å². The summed E-state index contributed by atoms with van der Waals surface area (Å²) in [5, 5.41) is 0. The lowest BCUT2D eigenvalue weighted by Crippen LogP contribution is -1.89. The number of hydrogen-bond donors (Lipinski definition) is 0. The highest BCUT2D eigenvalue weighted by molar-refractivity contribution is 8.78. The molecule has 0 nitrogen and oxygen atoms in total. The third kappa shape index (κ3) is 9.57. The molecular weight excluding hydrogens is 231 g/mol. The fourth-order valence-corrected chi connectivity index (χ4v) is 3.14. The van der Waals surface area contributed by atoms with Crippen molar-refractivity contribution in [3.8, 4) is 0 Å². The molecule has 0 N–H and O–H groups in total. The SMILES string of the molecule is CCCCSSC(Cl)(Cl)Cl. The van der Waals surface area contributed by atoms with Crippen LogP contribution < -0.4 is 0 Å². The van der Waals surface area contributed by atoms with Crippen LogP contribution in [0.15, 0.2) is 0 Å². The van der Waals surface area contributed by atoms with Crippen LogP contribution >= 0.6 is 56.4 Å². The number of rotatable bonds is 4. The van der Waals surface area contributed by atoms with Gasteiger partial charge in [-0.25, -0.2) is 0 Å². The Morgan fingerprint density at radius 3 is 2.30 bits per heavy atom. The molecule has 0 saturated heterocycles. The molecule has 0 spiro atoms. The summed E-state index contributed by atoms with van der Waals surface area (Å²) in [5.41, 5.74) is 0. The molecule has 0 fully saturated rings. The van der Waals surface area contributed by atoms with Crippen molar-refractivity contribution in [2.24, 2.45) is 0 Å². The number of halogens is 3. The van der Waals surface area contributed by atoms with E-state index in [1.807, 2.05) is 0 Å². The summed E-state index contributed by atoms with van der Waals surface area (Å²) in [6.07, 6.45) is 2.37.